The number of hydrogen-bond acceptors (Lipinski definition) is 8. The molecule has 0 unspecified atom stereocenters. The summed E-state index contributed by atoms with van der Waals surface area (Å²) in [5.74, 6) is -1.41. The molecule has 0 saturated carbocycles. The number of carbonyl (C=O) groups excluding carboxylic acids is 2. The molecule has 1 N–H and O–H groups in total. The standard InChI is InChI=1S/C18H21N3O4S/c1-4-24-16(22)12(17(23)25-5-2)10-20-13-9-14-15(8-11(13)3)26-18-19-6-7-21(14)18/h8-10,20H,4-7H2,1-3H3. The van der Waals surface area contributed by atoms with Crippen molar-refractivity contribution in [2.75, 3.05) is 36.5 Å². The number of nitrogens with zero attached hydrogens (tertiary/aromatic N) is 2. The van der Waals surface area contributed by atoms with E-state index in [1.54, 1.807) is 25.6 Å². The van der Waals surface area contributed by atoms with Crippen LogP contribution in [-0.2, 0) is 19.1 Å². The van der Waals surface area contributed by atoms with Crippen molar-refractivity contribution in [3.05, 3.63) is 29.5 Å². The number of benzene rings is 1. The van der Waals surface area contributed by atoms with Crippen LogP contribution >= 0.6 is 11.8 Å². The quantitative estimate of drug-likeness (QED) is 0.354. The van der Waals surface area contributed by atoms with Crippen molar-refractivity contribution in [2.45, 2.75) is 25.7 Å². The van der Waals surface area contributed by atoms with Gasteiger partial charge in [-0.1, -0.05) is 0 Å². The molecule has 7 nitrogen and oxygen atoms in total. The van der Waals surface area contributed by atoms with Crippen LogP contribution < -0.4 is 10.2 Å². The van der Waals surface area contributed by atoms with Crippen LogP contribution in [0, 0.1) is 6.92 Å². The number of rotatable bonds is 6. The Morgan fingerprint density at radius 3 is 2.62 bits per heavy atom. The smallest absolute Gasteiger partial charge is 0.347 e. The second-order valence-electron chi connectivity index (χ2n) is 5.70. The zero-order valence-electron chi connectivity index (χ0n) is 15.0. The second-order valence-corrected chi connectivity index (χ2v) is 6.71. The van der Waals surface area contributed by atoms with E-state index in [2.05, 4.69) is 21.3 Å². The van der Waals surface area contributed by atoms with Gasteiger partial charge in [0.05, 0.1) is 25.4 Å². The number of nitrogens with one attached hydrogen (secondary N) is 1. The summed E-state index contributed by atoms with van der Waals surface area (Å²) < 4.78 is 9.89. The number of esters is 2. The van der Waals surface area contributed by atoms with Gasteiger partial charge in [0.15, 0.2) is 10.7 Å². The monoisotopic (exact) mass is 375 g/mol. The van der Waals surface area contributed by atoms with E-state index < -0.39 is 11.9 Å². The Morgan fingerprint density at radius 1 is 1.27 bits per heavy atom. The maximum Gasteiger partial charge on any atom is 0.347 e. The van der Waals surface area contributed by atoms with E-state index >= 15 is 0 Å². The number of aliphatic imine (C=N–C) groups is 1. The number of thioether (sulfide) groups is 1. The van der Waals surface area contributed by atoms with Crippen LogP contribution in [0.3, 0.4) is 0 Å². The van der Waals surface area contributed by atoms with Crippen LogP contribution in [0.4, 0.5) is 11.4 Å². The number of fused-ring (bicyclic) bond motifs is 3. The Balaban J connectivity index is 1.86. The van der Waals surface area contributed by atoms with Crippen molar-refractivity contribution < 1.29 is 19.1 Å². The van der Waals surface area contributed by atoms with Gasteiger partial charge in [-0.05, 0) is 50.2 Å². The third-order valence-electron chi connectivity index (χ3n) is 3.96. The Morgan fingerprint density at radius 2 is 1.96 bits per heavy atom. The van der Waals surface area contributed by atoms with E-state index in [1.165, 1.54) is 6.20 Å². The van der Waals surface area contributed by atoms with Gasteiger partial charge >= 0.3 is 11.9 Å². The Hall–Kier alpha value is -2.48. The van der Waals surface area contributed by atoms with Crippen LogP contribution in [0.2, 0.25) is 0 Å². The van der Waals surface area contributed by atoms with Gasteiger partial charge in [0.1, 0.15) is 0 Å². The molecular formula is C18H21N3O4S. The van der Waals surface area contributed by atoms with Crippen molar-refractivity contribution in [1.82, 2.24) is 0 Å². The number of hydrogen-bond donors (Lipinski definition) is 1. The molecule has 0 atom stereocenters. The Labute approximate surface area is 156 Å². The minimum absolute atomic E-state index is 0.161. The van der Waals surface area contributed by atoms with Crippen molar-refractivity contribution in [1.29, 1.82) is 0 Å². The number of ether oxygens (including phenoxy) is 2. The van der Waals surface area contributed by atoms with Gasteiger partial charge in [-0.2, -0.15) is 0 Å². The van der Waals surface area contributed by atoms with Gasteiger partial charge in [0, 0.05) is 23.3 Å². The van der Waals surface area contributed by atoms with E-state index in [9.17, 15) is 9.59 Å². The number of anilines is 2. The van der Waals surface area contributed by atoms with Crippen molar-refractivity contribution in [3.63, 3.8) is 0 Å². The van der Waals surface area contributed by atoms with E-state index in [1.807, 2.05) is 13.0 Å². The molecule has 0 aromatic heterocycles. The lowest BCUT2D eigenvalue weighted by molar-refractivity contribution is -0.146. The Bertz CT molecular complexity index is 784. The molecule has 0 bridgehead atoms. The van der Waals surface area contributed by atoms with Gasteiger partial charge in [-0.15, -0.1) is 0 Å². The summed E-state index contributed by atoms with van der Waals surface area (Å²) in [6.07, 6.45) is 1.35. The summed E-state index contributed by atoms with van der Waals surface area (Å²) in [5, 5.41) is 4.08. The molecule has 138 valence electrons. The topological polar surface area (TPSA) is 80.2 Å². The predicted molar refractivity (Wildman–Crippen MR) is 102 cm³/mol. The van der Waals surface area contributed by atoms with Crippen LogP contribution in [0.5, 0.6) is 0 Å². The molecule has 2 aliphatic rings. The molecule has 3 rings (SSSR count). The van der Waals surface area contributed by atoms with Gasteiger partial charge in [0.25, 0.3) is 0 Å². The molecule has 1 aromatic rings. The number of amidine groups is 1. The summed E-state index contributed by atoms with van der Waals surface area (Å²) in [6.45, 7) is 7.37. The van der Waals surface area contributed by atoms with Crippen molar-refractivity contribution >= 4 is 40.2 Å². The first-order valence-electron chi connectivity index (χ1n) is 8.50. The first-order valence-corrected chi connectivity index (χ1v) is 9.32. The number of aryl methyl sites for hydroxylation is 1. The highest BCUT2D eigenvalue weighted by Crippen LogP contribution is 2.44. The first-order chi connectivity index (χ1) is 12.5. The van der Waals surface area contributed by atoms with Crippen LogP contribution in [0.1, 0.15) is 19.4 Å². The molecule has 0 spiro atoms. The predicted octanol–water partition coefficient (Wildman–Crippen LogP) is 2.70. The summed E-state index contributed by atoms with van der Waals surface area (Å²) >= 11 is 1.66. The maximum atomic E-state index is 12.0. The first kappa shape index (κ1) is 18.3. The minimum Gasteiger partial charge on any atom is -0.462 e. The highest BCUT2D eigenvalue weighted by atomic mass is 32.2. The fraction of sp³-hybridized carbons (Fsp3) is 0.389. The molecule has 26 heavy (non-hydrogen) atoms. The lowest BCUT2D eigenvalue weighted by Gasteiger charge is -2.15. The largest absolute Gasteiger partial charge is 0.462 e. The third kappa shape index (κ3) is 3.55. The SMILES string of the molecule is CCOC(=O)C(=CNc1cc2c(cc1C)SC1=NCCN12)C(=O)OCC. The van der Waals surface area contributed by atoms with E-state index in [4.69, 9.17) is 9.47 Å². The van der Waals surface area contributed by atoms with Crippen LogP contribution in [0.15, 0.2) is 33.8 Å². The molecule has 0 radical (unpaired) electrons. The maximum absolute atomic E-state index is 12.0. The minimum atomic E-state index is -0.707. The van der Waals surface area contributed by atoms with Gasteiger partial charge in [-0.3, -0.25) is 4.99 Å². The lowest BCUT2D eigenvalue weighted by atomic mass is 10.1. The molecule has 2 aliphatic heterocycles. The fourth-order valence-corrected chi connectivity index (χ4v) is 3.88. The lowest BCUT2D eigenvalue weighted by Crippen LogP contribution is -2.21. The fourth-order valence-electron chi connectivity index (χ4n) is 2.72. The van der Waals surface area contributed by atoms with Gasteiger partial charge in [-0.25, -0.2) is 9.59 Å². The average Bonchev–Trinajstić information content (AvgIpc) is 3.17. The third-order valence-corrected chi connectivity index (χ3v) is 5.04. The summed E-state index contributed by atoms with van der Waals surface area (Å²) in [6, 6.07) is 4.08. The molecule has 0 saturated heterocycles. The second kappa shape index (κ2) is 7.82. The molecular weight excluding hydrogens is 354 g/mol. The molecule has 1 aromatic carbocycles. The van der Waals surface area contributed by atoms with Crippen molar-refractivity contribution in [3.8, 4) is 0 Å². The molecule has 0 aliphatic carbocycles. The Kier molecular flexibility index (Phi) is 5.51. The van der Waals surface area contributed by atoms with Crippen molar-refractivity contribution in [2.24, 2.45) is 4.99 Å². The van der Waals surface area contributed by atoms with Gasteiger partial charge < -0.3 is 19.7 Å². The molecule has 0 amide bonds. The summed E-state index contributed by atoms with van der Waals surface area (Å²) in [5.41, 5.74) is 2.73. The zero-order chi connectivity index (χ0) is 18.7. The van der Waals surface area contributed by atoms with Gasteiger partial charge in [0.2, 0.25) is 0 Å². The highest BCUT2D eigenvalue weighted by molar-refractivity contribution is 8.14. The zero-order valence-corrected chi connectivity index (χ0v) is 15.8. The van der Waals surface area contributed by atoms with E-state index in [0.29, 0.717) is 0 Å². The molecule has 0 fully saturated rings. The molecule has 8 heteroatoms. The molecule has 2 heterocycles. The van der Waals surface area contributed by atoms with Crippen LogP contribution in [0.25, 0.3) is 0 Å². The van der Waals surface area contributed by atoms with Crippen LogP contribution in [-0.4, -0.2) is 43.4 Å². The van der Waals surface area contributed by atoms with E-state index in [-0.39, 0.29) is 18.8 Å². The summed E-state index contributed by atoms with van der Waals surface area (Å²) in [4.78, 5) is 31.9. The number of carbonyl (C=O) groups is 2. The normalized spacial score (nSPS) is 14.3. The summed E-state index contributed by atoms with van der Waals surface area (Å²) in [7, 11) is 0. The highest BCUT2D eigenvalue weighted by Gasteiger charge is 2.30. The van der Waals surface area contributed by atoms with E-state index in [0.717, 1.165) is 40.1 Å². The average molecular weight is 375 g/mol.